The smallest absolute Gasteiger partial charge is 0.222 e. The number of carbonyl (C=O) groups excluding carboxylic acids is 1. The molecule has 0 aliphatic rings. The van der Waals surface area contributed by atoms with Crippen molar-refractivity contribution in [1.82, 2.24) is 5.32 Å². The van der Waals surface area contributed by atoms with Crippen LogP contribution in [0.4, 0.5) is 0 Å². The van der Waals surface area contributed by atoms with E-state index in [0.717, 1.165) is 0 Å². The predicted octanol–water partition coefficient (Wildman–Crippen LogP) is 2.08. The number of carbonyl (C=O) groups is 1. The Bertz CT molecular complexity index is 425. The van der Waals surface area contributed by atoms with Crippen molar-refractivity contribution < 1.29 is 9.90 Å². The van der Waals surface area contributed by atoms with Crippen LogP contribution in [0.5, 0.6) is 0 Å². The number of aryl methyl sites for hydroxylation is 2. The first-order valence-electron chi connectivity index (χ1n) is 6.32. The third kappa shape index (κ3) is 3.84. The first-order valence-corrected chi connectivity index (χ1v) is 6.32. The van der Waals surface area contributed by atoms with Crippen LogP contribution in [0.2, 0.25) is 0 Å². The Morgan fingerprint density at radius 2 is 2.00 bits per heavy atom. The fraction of sp³-hybridized carbons (Fsp3) is 0.533. The minimum atomic E-state index is -0.110. The molecule has 1 aromatic carbocycles. The lowest BCUT2D eigenvalue weighted by Crippen LogP contribution is -2.37. The van der Waals surface area contributed by atoms with Crippen molar-refractivity contribution >= 4 is 5.91 Å². The number of benzene rings is 1. The van der Waals surface area contributed by atoms with Crippen molar-refractivity contribution in [3.05, 3.63) is 34.9 Å². The molecule has 18 heavy (non-hydrogen) atoms. The fourth-order valence-electron chi connectivity index (χ4n) is 2.07. The molecule has 1 rings (SSSR count). The summed E-state index contributed by atoms with van der Waals surface area (Å²) in [5.74, 6) is -0.101. The van der Waals surface area contributed by atoms with E-state index >= 15 is 0 Å². The quantitative estimate of drug-likeness (QED) is 0.839. The third-order valence-corrected chi connectivity index (χ3v) is 3.19. The van der Waals surface area contributed by atoms with E-state index in [-0.39, 0.29) is 24.3 Å². The predicted molar refractivity (Wildman–Crippen MR) is 73.7 cm³/mol. The molecule has 100 valence electrons. The molecule has 0 radical (unpaired) electrons. The number of aliphatic hydroxyl groups excluding tert-OH is 1. The zero-order chi connectivity index (χ0) is 13.8. The largest absolute Gasteiger partial charge is 0.396 e. The standard InChI is InChI=1S/C15H23NO2/c1-11-5-6-12(2)13(9-11)15(3,4)10-16-14(18)7-8-17/h5-6,9,17H,7-8,10H2,1-4H3,(H,16,18). The topological polar surface area (TPSA) is 49.3 Å². The summed E-state index contributed by atoms with van der Waals surface area (Å²) in [7, 11) is 0. The maximum Gasteiger partial charge on any atom is 0.222 e. The fourth-order valence-corrected chi connectivity index (χ4v) is 2.07. The second-order valence-electron chi connectivity index (χ2n) is 5.45. The Kier molecular flexibility index (Phi) is 4.91. The van der Waals surface area contributed by atoms with E-state index in [1.807, 2.05) is 0 Å². The zero-order valence-electron chi connectivity index (χ0n) is 11.7. The molecule has 0 saturated heterocycles. The Morgan fingerprint density at radius 3 is 2.61 bits per heavy atom. The number of rotatable bonds is 5. The maximum absolute atomic E-state index is 11.4. The van der Waals surface area contributed by atoms with Gasteiger partial charge in [-0.25, -0.2) is 0 Å². The zero-order valence-corrected chi connectivity index (χ0v) is 11.7. The number of aliphatic hydroxyl groups is 1. The van der Waals surface area contributed by atoms with Gasteiger partial charge < -0.3 is 10.4 Å². The van der Waals surface area contributed by atoms with Crippen molar-refractivity contribution in [3.63, 3.8) is 0 Å². The van der Waals surface area contributed by atoms with Gasteiger partial charge in [-0.15, -0.1) is 0 Å². The summed E-state index contributed by atoms with van der Waals surface area (Å²) >= 11 is 0. The molecule has 0 aliphatic heterocycles. The molecular formula is C15H23NO2. The van der Waals surface area contributed by atoms with Crippen molar-refractivity contribution in [2.24, 2.45) is 0 Å². The summed E-state index contributed by atoms with van der Waals surface area (Å²) in [6.07, 6.45) is 0.170. The van der Waals surface area contributed by atoms with Gasteiger partial charge in [0.1, 0.15) is 0 Å². The second-order valence-corrected chi connectivity index (χ2v) is 5.45. The molecule has 0 spiro atoms. The molecular weight excluding hydrogens is 226 g/mol. The lowest BCUT2D eigenvalue weighted by atomic mass is 9.81. The van der Waals surface area contributed by atoms with E-state index < -0.39 is 0 Å². The van der Waals surface area contributed by atoms with Gasteiger partial charge in [0.25, 0.3) is 0 Å². The molecule has 0 bridgehead atoms. The first-order chi connectivity index (χ1) is 8.36. The molecule has 0 unspecified atom stereocenters. The maximum atomic E-state index is 11.4. The lowest BCUT2D eigenvalue weighted by molar-refractivity contribution is -0.121. The molecule has 0 aliphatic carbocycles. The highest BCUT2D eigenvalue weighted by Gasteiger charge is 2.23. The minimum absolute atomic E-state index is 0.101. The summed E-state index contributed by atoms with van der Waals surface area (Å²) in [6.45, 7) is 8.88. The van der Waals surface area contributed by atoms with Gasteiger partial charge in [-0.3, -0.25) is 4.79 Å². The SMILES string of the molecule is Cc1ccc(C)c(C(C)(C)CNC(=O)CCO)c1. The number of hydrogen-bond acceptors (Lipinski definition) is 2. The van der Waals surface area contributed by atoms with Crippen LogP contribution in [0, 0.1) is 13.8 Å². The summed E-state index contributed by atoms with van der Waals surface area (Å²) < 4.78 is 0. The highest BCUT2D eigenvalue weighted by atomic mass is 16.3. The van der Waals surface area contributed by atoms with Gasteiger partial charge >= 0.3 is 0 Å². The molecule has 3 nitrogen and oxygen atoms in total. The van der Waals surface area contributed by atoms with Crippen LogP contribution in [0.3, 0.4) is 0 Å². The van der Waals surface area contributed by atoms with E-state index in [1.165, 1.54) is 16.7 Å². The van der Waals surface area contributed by atoms with E-state index in [9.17, 15) is 4.79 Å². The Balaban J connectivity index is 2.79. The van der Waals surface area contributed by atoms with Crippen molar-refractivity contribution in [1.29, 1.82) is 0 Å². The van der Waals surface area contributed by atoms with E-state index in [1.54, 1.807) is 0 Å². The monoisotopic (exact) mass is 249 g/mol. The first kappa shape index (κ1) is 14.7. The van der Waals surface area contributed by atoms with Crippen molar-refractivity contribution in [2.45, 2.75) is 39.5 Å². The average molecular weight is 249 g/mol. The molecule has 0 saturated carbocycles. The van der Waals surface area contributed by atoms with Crippen LogP contribution < -0.4 is 5.32 Å². The molecule has 1 aromatic rings. The second kappa shape index (κ2) is 6.01. The van der Waals surface area contributed by atoms with E-state index in [0.29, 0.717) is 6.54 Å². The normalized spacial score (nSPS) is 11.4. The molecule has 0 heterocycles. The van der Waals surface area contributed by atoms with Gasteiger partial charge in [0, 0.05) is 18.4 Å². The average Bonchev–Trinajstić information content (AvgIpc) is 2.30. The number of hydrogen-bond donors (Lipinski definition) is 2. The van der Waals surface area contributed by atoms with E-state index in [2.05, 4.69) is 51.2 Å². The highest BCUT2D eigenvalue weighted by molar-refractivity contribution is 5.76. The van der Waals surface area contributed by atoms with Gasteiger partial charge in [-0.2, -0.15) is 0 Å². The van der Waals surface area contributed by atoms with Gasteiger partial charge in [0.05, 0.1) is 6.61 Å². The summed E-state index contributed by atoms with van der Waals surface area (Å²) in [6, 6.07) is 6.38. The van der Waals surface area contributed by atoms with Crippen molar-refractivity contribution in [3.8, 4) is 0 Å². The third-order valence-electron chi connectivity index (χ3n) is 3.19. The van der Waals surface area contributed by atoms with Gasteiger partial charge in [0.15, 0.2) is 0 Å². The Hall–Kier alpha value is -1.35. The lowest BCUT2D eigenvalue weighted by Gasteiger charge is -2.28. The van der Waals surface area contributed by atoms with Crippen LogP contribution in [-0.2, 0) is 10.2 Å². The number of nitrogens with one attached hydrogen (secondary N) is 1. The molecule has 1 amide bonds. The van der Waals surface area contributed by atoms with Crippen LogP contribution in [0.25, 0.3) is 0 Å². The van der Waals surface area contributed by atoms with Crippen LogP contribution in [0.15, 0.2) is 18.2 Å². The van der Waals surface area contributed by atoms with E-state index in [4.69, 9.17) is 5.11 Å². The molecule has 0 atom stereocenters. The molecule has 0 aromatic heterocycles. The van der Waals surface area contributed by atoms with Crippen LogP contribution in [0.1, 0.15) is 37.0 Å². The summed E-state index contributed by atoms with van der Waals surface area (Å²) in [5.41, 5.74) is 3.61. The molecule has 0 fully saturated rings. The Labute approximate surface area is 109 Å². The Morgan fingerprint density at radius 1 is 1.33 bits per heavy atom. The number of amides is 1. The summed E-state index contributed by atoms with van der Waals surface area (Å²) in [5, 5.41) is 11.6. The molecule has 2 N–H and O–H groups in total. The van der Waals surface area contributed by atoms with Gasteiger partial charge in [-0.1, -0.05) is 37.6 Å². The minimum Gasteiger partial charge on any atom is -0.396 e. The van der Waals surface area contributed by atoms with Gasteiger partial charge in [-0.05, 0) is 25.0 Å². The van der Waals surface area contributed by atoms with Crippen LogP contribution in [-0.4, -0.2) is 24.2 Å². The van der Waals surface area contributed by atoms with Gasteiger partial charge in [0.2, 0.25) is 5.91 Å². The molecule has 3 heteroatoms. The summed E-state index contributed by atoms with van der Waals surface area (Å²) in [4.78, 5) is 11.4. The van der Waals surface area contributed by atoms with Crippen molar-refractivity contribution in [2.75, 3.05) is 13.2 Å². The highest BCUT2D eigenvalue weighted by Crippen LogP contribution is 2.26. The van der Waals surface area contributed by atoms with Crippen LogP contribution >= 0.6 is 0 Å².